The first kappa shape index (κ1) is 24.3. The first-order valence-electron chi connectivity index (χ1n) is 9.59. The molecule has 0 aliphatic carbocycles. The molecule has 0 saturated heterocycles. The number of carboxylic acids is 1. The largest absolute Gasteiger partial charge is 0.497 e. The van der Waals surface area contributed by atoms with E-state index in [9.17, 15) is 14.4 Å². The van der Waals surface area contributed by atoms with Gasteiger partial charge in [-0.2, -0.15) is 0 Å². The number of rotatable bonds is 11. The Balaban J connectivity index is 2.66. The van der Waals surface area contributed by atoms with Gasteiger partial charge in [0, 0.05) is 13.0 Å². The van der Waals surface area contributed by atoms with Crippen LogP contribution in [0.3, 0.4) is 0 Å². The second-order valence-corrected chi connectivity index (χ2v) is 7.88. The van der Waals surface area contributed by atoms with Gasteiger partial charge < -0.3 is 25.2 Å². The van der Waals surface area contributed by atoms with Crippen LogP contribution in [0.2, 0.25) is 0 Å². The van der Waals surface area contributed by atoms with Crippen LogP contribution in [0.4, 0.5) is 0 Å². The Labute approximate surface area is 172 Å². The van der Waals surface area contributed by atoms with Crippen molar-refractivity contribution in [2.45, 2.75) is 46.1 Å². The summed E-state index contributed by atoms with van der Waals surface area (Å²) < 4.78 is 10.7. The van der Waals surface area contributed by atoms with Gasteiger partial charge >= 0.3 is 5.97 Å². The van der Waals surface area contributed by atoms with Crippen LogP contribution in [0.25, 0.3) is 0 Å². The summed E-state index contributed by atoms with van der Waals surface area (Å²) in [6.45, 7) is 5.85. The van der Waals surface area contributed by atoms with Crippen LogP contribution in [0.5, 0.6) is 11.5 Å². The van der Waals surface area contributed by atoms with Gasteiger partial charge in [-0.3, -0.25) is 14.4 Å². The number of benzene rings is 1. The fourth-order valence-corrected chi connectivity index (χ4v) is 2.81. The highest BCUT2D eigenvalue weighted by Crippen LogP contribution is 2.22. The van der Waals surface area contributed by atoms with Gasteiger partial charge in [-0.05, 0) is 42.5 Å². The molecule has 0 spiro atoms. The van der Waals surface area contributed by atoms with Crippen molar-refractivity contribution in [3.05, 3.63) is 24.3 Å². The molecule has 2 amide bonds. The summed E-state index contributed by atoms with van der Waals surface area (Å²) in [7, 11) is 3.08. The molecule has 1 aromatic rings. The van der Waals surface area contributed by atoms with Crippen molar-refractivity contribution in [2.24, 2.45) is 11.3 Å². The van der Waals surface area contributed by atoms with Crippen LogP contribution in [0.1, 0.15) is 40.0 Å². The Morgan fingerprint density at radius 3 is 2.14 bits per heavy atom. The number of methoxy groups -OCH3 is 1. The minimum Gasteiger partial charge on any atom is -0.497 e. The zero-order valence-electron chi connectivity index (χ0n) is 17.8. The topological polar surface area (TPSA) is 114 Å². The smallest absolute Gasteiger partial charge is 0.304 e. The summed E-state index contributed by atoms with van der Waals surface area (Å²) in [6.07, 6.45) is 0.523. The number of aliphatic carboxylic acids is 1. The third-order valence-electron chi connectivity index (χ3n) is 4.48. The molecule has 0 heterocycles. The van der Waals surface area contributed by atoms with Gasteiger partial charge in [-0.25, -0.2) is 0 Å². The molecule has 0 unspecified atom stereocenters. The lowest BCUT2D eigenvalue weighted by molar-refractivity contribution is -0.142. The van der Waals surface area contributed by atoms with Crippen LogP contribution in [-0.4, -0.2) is 49.7 Å². The molecule has 0 saturated carbocycles. The number of nitrogens with one attached hydrogen (secondary N) is 2. The molecule has 8 nitrogen and oxygen atoms in total. The third kappa shape index (κ3) is 8.41. The lowest BCUT2D eigenvalue weighted by atomic mass is 9.85. The number of carbonyl (C=O) groups excluding carboxylic acids is 2. The highest BCUT2D eigenvalue weighted by atomic mass is 16.5. The highest BCUT2D eigenvalue weighted by molar-refractivity contribution is 5.90. The van der Waals surface area contributed by atoms with Crippen LogP contribution in [0.15, 0.2) is 24.3 Å². The van der Waals surface area contributed by atoms with Crippen LogP contribution in [-0.2, 0) is 14.4 Å². The Morgan fingerprint density at radius 2 is 1.66 bits per heavy atom. The number of hydrogen-bond donors (Lipinski definition) is 3. The Morgan fingerprint density at radius 1 is 1.07 bits per heavy atom. The minimum atomic E-state index is -1.06. The van der Waals surface area contributed by atoms with E-state index in [1.807, 2.05) is 20.8 Å². The average molecular weight is 408 g/mol. The van der Waals surface area contributed by atoms with E-state index in [0.29, 0.717) is 25.2 Å². The lowest BCUT2D eigenvalue weighted by Crippen LogP contribution is -2.54. The molecule has 0 bridgehead atoms. The molecule has 1 aromatic carbocycles. The molecule has 0 fully saturated rings. The zero-order chi connectivity index (χ0) is 22.0. The summed E-state index contributed by atoms with van der Waals surface area (Å²) in [5.41, 5.74) is -0.513. The lowest BCUT2D eigenvalue weighted by Gasteiger charge is -2.31. The number of ether oxygens (including phenoxy) is 2. The van der Waals surface area contributed by atoms with Gasteiger partial charge in [0.05, 0.1) is 20.1 Å². The van der Waals surface area contributed by atoms with E-state index in [4.69, 9.17) is 14.6 Å². The summed E-state index contributed by atoms with van der Waals surface area (Å²) in [4.78, 5) is 36.0. The van der Waals surface area contributed by atoms with Gasteiger partial charge in [0.15, 0.2) is 0 Å². The fourth-order valence-electron chi connectivity index (χ4n) is 2.81. The summed E-state index contributed by atoms with van der Waals surface area (Å²) in [5, 5.41) is 14.4. The molecule has 3 N–H and O–H groups in total. The van der Waals surface area contributed by atoms with E-state index in [1.54, 1.807) is 31.4 Å². The van der Waals surface area contributed by atoms with Crippen molar-refractivity contribution < 1.29 is 29.0 Å². The molecule has 29 heavy (non-hydrogen) atoms. The molecular formula is C21H32N2O6. The molecular weight excluding hydrogens is 376 g/mol. The van der Waals surface area contributed by atoms with Crippen molar-refractivity contribution in [1.29, 1.82) is 0 Å². The van der Waals surface area contributed by atoms with Crippen molar-refractivity contribution in [2.75, 3.05) is 20.8 Å². The zero-order valence-corrected chi connectivity index (χ0v) is 17.8. The molecule has 162 valence electrons. The number of hydrogen-bond acceptors (Lipinski definition) is 5. The van der Waals surface area contributed by atoms with Gasteiger partial charge in [-0.15, -0.1) is 0 Å². The Hall–Kier alpha value is -2.77. The van der Waals surface area contributed by atoms with Crippen LogP contribution < -0.4 is 20.1 Å². The van der Waals surface area contributed by atoms with E-state index in [-0.39, 0.29) is 12.3 Å². The SMILES string of the molecule is CNC(=O)[C@@H](NC(=O)[C@H](CCCOc1ccc(OC)cc1)CC(=O)O)C(C)(C)C. The Kier molecular flexibility index (Phi) is 9.44. The number of likely N-dealkylation sites (N-methyl/N-ethyl adjacent to an activating group) is 1. The quantitative estimate of drug-likeness (QED) is 0.484. The molecule has 0 radical (unpaired) electrons. The predicted molar refractivity (Wildman–Crippen MR) is 109 cm³/mol. The standard InChI is InChI=1S/C21H32N2O6/c1-21(2,3)18(20(27)22-4)23-19(26)14(13-17(24)25)7-6-12-29-16-10-8-15(28-5)9-11-16/h8-11,14,18H,6-7,12-13H2,1-5H3,(H,22,27)(H,23,26)(H,24,25)/t14-,18-/m1/s1. The van der Waals surface area contributed by atoms with Gasteiger partial charge in [0.25, 0.3) is 0 Å². The maximum Gasteiger partial charge on any atom is 0.304 e. The van der Waals surface area contributed by atoms with Crippen LogP contribution in [0, 0.1) is 11.3 Å². The second-order valence-electron chi connectivity index (χ2n) is 7.88. The number of amides is 2. The normalized spacial score (nSPS) is 13.1. The fraction of sp³-hybridized carbons (Fsp3) is 0.571. The molecule has 0 aliphatic heterocycles. The van der Waals surface area contributed by atoms with Crippen molar-refractivity contribution in [3.63, 3.8) is 0 Å². The van der Waals surface area contributed by atoms with Crippen molar-refractivity contribution in [1.82, 2.24) is 10.6 Å². The predicted octanol–water partition coefficient (Wildman–Crippen LogP) is 2.22. The maximum atomic E-state index is 12.7. The van der Waals surface area contributed by atoms with Crippen molar-refractivity contribution in [3.8, 4) is 11.5 Å². The highest BCUT2D eigenvalue weighted by Gasteiger charge is 2.34. The van der Waals surface area contributed by atoms with Gasteiger partial charge in [0.1, 0.15) is 17.5 Å². The van der Waals surface area contributed by atoms with E-state index in [1.165, 1.54) is 7.05 Å². The first-order valence-corrected chi connectivity index (χ1v) is 9.59. The van der Waals surface area contributed by atoms with E-state index < -0.39 is 29.3 Å². The maximum absolute atomic E-state index is 12.7. The third-order valence-corrected chi connectivity index (χ3v) is 4.48. The average Bonchev–Trinajstić information content (AvgIpc) is 2.66. The van der Waals surface area contributed by atoms with Gasteiger partial charge in [-0.1, -0.05) is 20.8 Å². The van der Waals surface area contributed by atoms with Gasteiger partial charge in [0.2, 0.25) is 11.8 Å². The Bertz CT molecular complexity index is 681. The molecule has 2 atom stereocenters. The van der Waals surface area contributed by atoms with Crippen LogP contribution >= 0.6 is 0 Å². The number of carboxylic acid groups (broad SMARTS) is 1. The minimum absolute atomic E-state index is 0.307. The molecule has 1 rings (SSSR count). The second kappa shape index (κ2) is 11.3. The number of carbonyl (C=O) groups is 3. The van der Waals surface area contributed by atoms with E-state index in [0.717, 1.165) is 5.75 Å². The summed E-state index contributed by atoms with van der Waals surface area (Å²) in [5.74, 6) is -1.18. The summed E-state index contributed by atoms with van der Waals surface area (Å²) in [6, 6.07) is 6.35. The molecule has 8 heteroatoms. The van der Waals surface area contributed by atoms with Crippen molar-refractivity contribution >= 4 is 17.8 Å². The molecule has 0 aliphatic rings. The monoisotopic (exact) mass is 408 g/mol. The van der Waals surface area contributed by atoms with E-state index in [2.05, 4.69) is 10.6 Å². The first-order chi connectivity index (χ1) is 13.6. The molecule has 0 aromatic heterocycles. The summed E-state index contributed by atoms with van der Waals surface area (Å²) >= 11 is 0. The van der Waals surface area contributed by atoms with E-state index >= 15 is 0 Å².